The minimum atomic E-state index is -0.569. The van der Waals surface area contributed by atoms with Crippen molar-refractivity contribution >= 4 is 5.91 Å². The summed E-state index contributed by atoms with van der Waals surface area (Å²) in [5.41, 5.74) is 1.05. The first-order valence-electron chi connectivity index (χ1n) is 9.71. The second-order valence-corrected chi connectivity index (χ2v) is 7.16. The molecule has 0 aromatic heterocycles. The molecule has 0 aliphatic rings. The van der Waals surface area contributed by atoms with Gasteiger partial charge in [0.1, 0.15) is 17.2 Å². The molecule has 28 heavy (non-hydrogen) atoms. The smallest absolute Gasteiger partial charge is 0.261 e. The SMILES string of the molecule is CC[C@@H](Oc1cccc(OC)c1)C(=O)N[C@H](CC(C)C)c1ccc(OC)cc1. The fraction of sp³-hybridized carbons (Fsp3) is 0.435. The molecule has 1 N–H and O–H groups in total. The number of benzene rings is 2. The van der Waals surface area contributed by atoms with E-state index in [2.05, 4.69) is 19.2 Å². The molecular weight excluding hydrogens is 354 g/mol. The van der Waals surface area contributed by atoms with Crippen LogP contribution in [-0.4, -0.2) is 26.2 Å². The predicted molar refractivity (Wildman–Crippen MR) is 111 cm³/mol. The van der Waals surface area contributed by atoms with Gasteiger partial charge in [-0.3, -0.25) is 4.79 Å². The van der Waals surface area contributed by atoms with Crippen molar-refractivity contribution in [2.45, 2.75) is 45.8 Å². The standard InChI is InChI=1S/C23H31NO4/c1-6-22(28-20-9-7-8-19(15-20)27-5)23(25)24-21(14-16(2)3)17-10-12-18(26-4)13-11-17/h7-13,15-16,21-22H,6,14H2,1-5H3,(H,24,25)/t21-,22-/m1/s1. The zero-order chi connectivity index (χ0) is 20.5. The lowest BCUT2D eigenvalue weighted by Gasteiger charge is -2.25. The summed E-state index contributed by atoms with van der Waals surface area (Å²) in [6.07, 6.45) is 0.841. The van der Waals surface area contributed by atoms with E-state index in [0.717, 1.165) is 17.7 Å². The van der Waals surface area contributed by atoms with Crippen LogP contribution in [0.1, 0.15) is 45.2 Å². The summed E-state index contributed by atoms with van der Waals surface area (Å²) in [5.74, 6) is 2.43. The van der Waals surface area contributed by atoms with Gasteiger partial charge in [0.2, 0.25) is 0 Å². The van der Waals surface area contributed by atoms with Crippen molar-refractivity contribution < 1.29 is 19.0 Å². The van der Waals surface area contributed by atoms with Gasteiger partial charge in [0, 0.05) is 6.07 Å². The number of nitrogens with one attached hydrogen (secondary N) is 1. The van der Waals surface area contributed by atoms with E-state index < -0.39 is 6.10 Å². The molecule has 2 atom stereocenters. The molecule has 2 aromatic rings. The summed E-state index contributed by atoms with van der Waals surface area (Å²) in [7, 11) is 3.25. The van der Waals surface area contributed by atoms with Crippen molar-refractivity contribution in [2.24, 2.45) is 5.92 Å². The van der Waals surface area contributed by atoms with E-state index in [1.165, 1.54) is 0 Å². The first-order chi connectivity index (χ1) is 13.5. The van der Waals surface area contributed by atoms with E-state index in [1.54, 1.807) is 20.3 Å². The fourth-order valence-corrected chi connectivity index (χ4v) is 3.01. The average Bonchev–Trinajstić information content (AvgIpc) is 2.71. The summed E-state index contributed by atoms with van der Waals surface area (Å²) in [4.78, 5) is 12.9. The first-order valence-corrected chi connectivity index (χ1v) is 9.71. The summed E-state index contributed by atoms with van der Waals surface area (Å²) >= 11 is 0. The Kier molecular flexibility index (Phi) is 8.18. The maximum absolute atomic E-state index is 12.9. The zero-order valence-corrected chi connectivity index (χ0v) is 17.4. The van der Waals surface area contributed by atoms with E-state index in [1.807, 2.05) is 49.4 Å². The van der Waals surface area contributed by atoms with E-state index >= 15 is 0 Å². The predicted octanol–water partition coefficient (Wildman–Crippen LogP) is 4.76. The van der Waals surface area contributed by atoms with E-state index in [4.69, 9.17) is 14.2 Å². The third-order valence-corrected chi connectivity index (χ3v) is 4.52. The Balaban J connectivity index is 2.12. The number of methoxy groups -OCH3 is 2. The maximum Gasteiger partial charge on any atom is 0.261 e. The van der Waals surface area contributed by atoms with Crippen molar-refractivity contribution in [3.05, 3.63) is 54.1 Å². The van der Waals surface area contributed by atoms with Crippen molar-refractivity contribution in [2.75, 3.05) is 14.2 Å². The molecule has 0 radical (unpaired) electrons. The van der Waals surface area contributed by atoms with Crippen molar-refractivity contribution in [1.82, 2.24) is 5.32 Å². The minimum Gasteiger partial charge on any atom is -0.497 e. The van der Waals surface area contributed by atoms with E-state index in [-0.39, 0.29) is 11.9 Å². The van der Waals surface area contributed by atoms with Gasteiger partial charge in [0.25, 0.3) is 5.91 Å². The molecule has 0 bridgehead atoms. The lowest BCUT2D eigenvalue weighted by Crippen LogP contribution is -2.40. The Bertz CT molecular complexity index is 743. The highest BCUT2D eigenvalue weighted by atomic mass is 16.5. The molecule has 152 valence electrons. The Labute approximate surface area is 168 Å². The summed E-state index contributed by atoms with van der Waals surface area (Å²) in [5, 5.41) is 3.17. The normalized spacial score (nSPS) is 12.9. The quantitative estimate of drug-likeness (QED) is 0.640. The van der Waals surface area contributed by atoms with Gasteiger partial charge in [-0.05, 0) is 48.6 Å². The Morgan fingerprint density at radius 1 is 0.964 bits per heavy atom. The van der Waals surface area contributed by atoms with Crippen LogP contribution in [0.5, 0.6) is 17.2 Å². The van der Waals surface area contributed by atoms with Crippen molar-refractivity contribution in [1.29, 1.82) is 0 Å². The highest BCUT2D eigenvalue weighted by molar-refractivity contribution is 5.81. The lowest BCUT2D eigenvalue weighted by molar-refractivity contribution is -0.129. The van der Waals surface area contributed by atoms with Gasteiger partial charge in [-0.15, -0.1) is 0 Å². The summed E-state index contributed by atoms with van der Waals surface area (Å²) < 4.78 is 16.4. The van der Waals surface area contributed by atoms with Crippen molar-refractivity contribution in [3.8, 4) is 17.2 Å². The highest BCUT2D eigenvalue weighted by Gasteiger charge is 2.23. The fourth-order valence-electron chi connectivity index (χ4n) is 3.01. The third-order valence-electron chi connectivity index (χ3n) is 4.52. The molecule has 5 heteroatoms. The number of hydrogen-bond acceptors (Lipinski definition) is 4. The number of rotatable bonds is 10. The summed E-state index contributed by atoms with van der Waals surface area (Å²) in [6.45, 7) is 6.23. The second-order valence-electron chi connectivity index (χ2n) is 7.16. The van der Waals surface area contributed by atoms with Gasteiger partial charge >= 0.3 is 0 Å². The molecule has 1 amide bonds. The Morgan fingerprint density at radius 2 is 1.61 bits per heavy atom. The van der Waals surface area contributed by atoms with Crippen LogP contribution >= 0.6 is 0 Å². The third kappa shape index (κ3) is 6.19. The van der Waals surface area contributed by atoms with Crippen LogP contribution in [0.4, 0.5) is 0 Å². The van der Waals surface area contributed by atoms with Crippen LogP contribution in [0.15, 0.2) is 48.5 Å². The lowest BCUT2D eigenvalue weighted by atomic mass is 9.96. The van der Waals surface area contributed by atoms with Crippen LogP contribution in [-0.2, 0) is 4.79 Å². The molecule has 2 rings (SSSR count). The van der Waals surface area contributed by atoms with Gasteiger partial charge in [-0.1, -0.05) is 39.0 Å². The van der Waals surface area contributed by atoms with Gasteiger partial charge < -0.3 is 19.5 Å². The molecule has 5 nitrogen and oxygen atoms in total. The molecule has 0 spiro atoms. The molecular formula is C23H31NO4. The molecule has 0 unspecified atom stereocenters. The zero-order valence-electron chi connectivity index (χ0n) is 17.4. The number of amides is 1. The van der Waals surface area contributed by atoms with Crippen LogP contribution in [0.25, 0.3) is 0 Å². The Morgan fingerprint density at radius 3 is 2.18 bits per heavy atom. The van der Waals surface area contributed by atoms with Crippen LogP contribution < -0.4 is 19.5 Å². The highest BCUT2D eigenvalue weighted by Crippen LogP contribution is 2.25. The average molecular weight is 386 g/mol. The van der Waals surface area contributed by atoms with Gasteiger partial charge in [-0.25, -0.2) is 0 Å². The van der Waals surface area contributed by atoms with Crippen LogP contribution in [0.3, 0.4) is 0 Å². The van der Waals surface area contributed by atoms with E-state index in [9.17, 15) is 4.79 Å². The molecule has 0 saturated heterocycles. The largest absolute Gasteiger partial charge is 0.497 e. The molecule has 0 saturated carbocycles. The molecule has 0 fully saturated rings. The summed E-state index contributed by atoms with van der Waals surface area (Å²) in [6, 6.07) is 15.0. The number of hydrogen-bond donors (Lipinski definition) is 1. The molecule has 0 aliphatic carbocycles. The molecule has 0 heterocycles. The monoisotopic (exact) mass is 385 g/mol. The minimum absolute atomic E-state index is 0.0821. The van der Waals surface area contributed by atoms with Crippen LogP contribution in [0.2, 0.25) is 0 Å². The van der Waals surface area contributed by atoms with Gasteiger partial charge in [0.05, 0.1) is 20.3 Å². The van der Waals surface area contributed by atoms with Crippen LogP contribution in [0, 0.1) is 5.92 Å². The molecule has 2 aromatic carbocycles. The number of carbonyl (C=O) groups is 1. The number of carbonyl (C=O) groups excluding carboxylic acids is 1. The van der Waals surface area contributed by atoms with Gasteiger partial charge in [-0.2, -0.15) is 0 Å². The Hall–Kier alpha value is -2.69. The van der Waals surface area contributed by atoms with Crippen molar-refractivity contribution in [3.63, 3.8) is 0 Å². The maximum atomic E-state index is 12.9. The topological polar surface area (TPSA) is 56.8 Å². The number of ether oxygens (including phenoxy) is 3. The van der Waals surface area contributed by atoms with Gasteiger partial charge in [0.15, 0.2) is 6.10 Å². The first kappa shape index (κ1) is 21.6. The second kappa shape index (κ2) is 10.6. The molecule has 0 aliphatic heterocycles. The van der Waals surface area contributed by atoms with E-state index in [0.29, 0.717) is 23.8 Å².